The van der Waals surface area contributed by atoms with Gasteiger partial charge < -0.3 is 0 Å². The van der Waals surface area contributed by atoms with Crippen molar-refractivity contribution in [3.05, 3.63) is 22.3 Å². The van der Waals surface area contributed by atoms with Crippen LogP contribution < -0.4 is 0 Å². The van der Waals surface area contributed by atoms with Crippen LogP contribution in [0.25, 0.3) is 0 Å². The van der Waals surface area contributed by atoms with Gasteiger partial charge in [0.1, 0.15) is 0 Å². The highest BCUT2D eigenvalue weighted by molar-refractivity contribution is 5.42. The van der Waals surface area contributed by atoms with Gasteiger partial charge in [0.25, 0.3) is 0 Å². The normalized spacial score (nSPS) is 48.5. The lowest BCUT2D eigenvalue weighted by atomic mass is 9.48. The largest absolute Gasteiger partial charge is 0.0647 e. The fraction of sp³-hybridized carbons (Fsp3) is 0.895. The molecule has 0 radical (unpaired) electrons. The highest BCUT2D eigenvalue weighted by Crippen LogP contribution is 2.63. The Bertz CT molecular complexity index is 765. The highest BCUT2D eigenvalue weighted by Gasteiger charge is 2.52. The standard InChI is InChI=1S/C24H36.C14H26/c1-13-5-9-17-19-11-7-15(3)22-16(4)8-12-20(24(19)22)18-10-6-14(2)21(13)23(17)18;1-11-3-7-13(8-4-11)14-9-5-12(2)6-10-14/h13-20H,5-12H2,1-4H3;11-14H,3-10H2,1-2H3. The van der Waals surface area contributed by atoms with Gasteiger partial charge >= 0.3 is 0 Å². The van der Waals surface area contributed by atoms with Crippen molar-refractivity contribution in [1.29, 1.82) is 0 Å². The van der Waals surface area contributed by atoms with E-state index in [1.165, 1.54) is 77.0 Å². The van der Waals surface area contributed by atoms with E-state index in [4.69, 9.17) is 0 Å². The van der Waals surface area contributed by atoms with Crippen LogP contribution in [0.1, 0.15) is 144 Å². The Balaban J connectivity index is 0.000000161. The van der Waals surface area contributed by atoms with Gasteiger partial charge in [-0.05, 0) is 148 Å². The summed E-state index contributed by atoms with van der Waals surface area (Å²) in [7, 11) is 0. The first kappa shape index (κ1) is 27.6. The van der Waals surface area contributed by atoms with Gasteiger partial charge in [-0.2, -0.15) is 0 Å². The van der Waals surface area contributed by atoms with Crippen molar-refractivity contribution < 1.29 is 0 Å². The zero-order valence-corrected chi connectivity index (χ0v) is 26.2. The van der Waals surface area contributed by atoms with Crippen molar-refractivity contribution >= 4 is 0 Å². The molecule has 0 aromatic heterocycles. The molecule has 0 amide bonds. The van der Waals surface area contributed by atoms with Crippen molar-refractivity contribution in [2.45, 2.75) is 144 Å². The predicted octanol–water partition coefficient (Wildman–Crippen LogP) is 11.4. The molecule has 0 nitrogen and oxygen atoms in total. The van der Waals surface area contributed by atoms with Crippen LogP contribution in [-0.2, 0) is 0 Å². The predicted molar refractivity (Wildman–Crippen MR) is 164 cm³/mol. The molecular weight excluding hydrogens is 456 g/mol. The van der Waals surface area contributed by atoms with E-state index in [9.17, 15) is 0 Å². The molecule has 0 aromatic rings. The monoisotopic (exact) mass is 518 g/mol. The molecule has 0 heterocycles. The average molecular weight is 519 g/mol. The first-order valence-corrected chi connectivity index (χ1v) is 17.8. The number of allylic oxidation sites excluding steroid dienone is 4. The summed E-state index contributed by atoms with van der Waals surface area (Å²) < 4.78 is 0. The quantitative estimate of drug-likeness (QED) is 0.303. The van der Waals surface area contributed by atoms with Crippen molar-refractivity contribution in [2.24, 2.45) is 71.0 Å². The van der Waals surface area contributed by atoms with Crippen LogP contribution in [0.4, 0.5) is 0 Å². The summed E-state index contributed by atoms with van der Waals surface area (Å²) in [5, 5.41) is 0. The Hall–Kier alpha value is -0.520. The maximum absolute atomic E-state index is 2.54. The fourth-order valence-corrected chi connectivity index (χ4v) is 11.7. The zero-order chi connectivity index (χ0) is 26.6. The molecule has 0 bridgehead atoms. The van der Waals surface area contributed by atoms with E-state index in [0.29, 0.717) is 0 Å². The summed E-state index contributed by atoms with van der Waals surface area (Å²) in [6, 6.07) is 0. The Morgan fingerprint density at radius 3 is 0.816 bits per heavy atom. The second-order valence-electron chi connectivity index (χ2n) is 16.2. The minimum Gasteiger partial charge on any atom is -0.0647 e. The fourth-order valence-electron chi connectivity index (χ4n) is 11.7. The van der Waals surface area contributed by atoms with Gasteiger partial charge in [-0.15, -0.1) is 0 Å². The van der Waals surface area contributed by atoms with E-state index >= 15 is 0 Å². The Morgan fingerprint density at radius 1 is 0.289 bits per heavy atom. The van der Waals surface area contributed by atoms with Crippen molar-refractivity contribution in [1.82, 2.24) is 0 Å². The lowest BCUT2D eigenvalue weighted by molar-refractivity contribution is 0.138. The summed E-state index contributed by atoms with van der Waals surface area (Å²) in [6.07, 6.45) is 24.1. The van der Waals surface area contributed by atoms with Gasteiger partial charge in [0.2, 0.25) is 0 Å². The third kappa shape index (κ3) is 5.04. The summed E-state index contributed by atoms with van der Waals surface area (Å²) in [5.74, 6) is 11.6. The molecule has 0 N–H and O–H groups in total. The van der Waals surface area contributed by atoms with Crippen molar-refractivity contribution in [2.75, 3.05) is 0 Å². The lowest BCUT2D eigenvalue weighted by Gasteiger charge is -2.57. The maximum atomic E-state index is 2.54. The number of fused-ring (bicyclic) bond motifs is 2. The Morgan fingerprint density at radius 2 is 0.553 bits per heavy atom. The molecule has 0 aliphatic heterocycles. The van der Waals surface area contributed by atoms with Crippen molar-refractivity contribution in [3.8, 4) is 0 Å². The second kappa shape index (κ2) is 11.4. The minimum absolute atomic E-state index is 0.879. The van der Waals surface area contributed by atoms with Crippen LogP contribution in [0.2, 0.25) is 0 Å². The molecule has 7 aliphatic rings. The molecule has 0 spiro atoms. The SMILES string of the molecule is CC1CCC(C2CCC(C)CC2)CC1.CC1CCC2C3=C1C(C)CCC3C1CCC(C)C3=C1C2CCC3C. The van der Waals surface area contributed by atoms with Gasteiger partial charge in [0.15, 0.2) is 0 Å². The molecule has 7 aliphatic carbocycles. The molecule has 8 unspecified atom stereocenters. The van der Waals surface area contributed by atoms with Gasteiger partial charge in [-0.25, -0.2) is 0 Å². The summed E-state index contributed by atoms with van der Waals surface area (Å²) in [5.41, 5.74) is 7.99. The third-order valence-electron chi connectivity index (χ3n) is 13.8. The first-order chi connectivity index (χ1) is 18.3. The lowest BCUT2D eigenvalue weighted by Crippen LogP contribution is -2.46. The minimum atomic E-state index is 0.879. The topological polar surface area (TPSA) is 0 Å². The number of hydrogen-bond acceptors (Lipinski definition) is 0. The summed E-state index contributed by atoms with van der Waals surface area (Å²) >= 11 is 0. The maximum Gasteiger partial charge on any atom is -0.0131 e. The van der Waals surface area contributed by atoms with Crippen molar-refractivity contribution in [3.63, 3.8) is 0 Å². The van der Waals surface area contributed by atoms with Crippen LogP contribution in [0.3, 0.4) is 0 Å². The molecular formula is C38H62. The molecule has 0 aromatic carbocycles. The second-order valence-corrected chi connectivity index (χ2v) is 16.2. The van der Waals surface area contributed by atoms with Crippen LogP contribution in [-0.4, -0.2) is 0 Å². The first-order valence-electron chi connectivity index (χ1n) is 17.8. The average Bonchev–Trinajstić information content (AvgIpc) is 2.91. The van der Waals surface area contributed by atoms with E-state index < -0.39 is 0 Å². The molecule has 8 atom stereocenters. The van der Waals surface area contributed by atoms with E-state index in [1.807, 2.05) is 22.3 Å². The highest BCUT2D eigenvalue weighted by atomic mass is 14.6. The summed E-state index contributed by atoms with van der Waals surface area (Å²) in [4.78, 5) is 0. The van der Waals surface area contributed by atoms with Gasteiger partial charge in [0.05, 0.1) is 0 Å². The summed E-state index contributed by atoms with van der Waals surface area (Å²) in [6.45, 7) is 15.0. The van der Waals surface area contributed by atoms with E-state index in [2.05, 4.69) is 41.5 Å². The van der Waals surface area contributed by atoms with Gasteiger partial charge in [-0.3, -0.25) is 0 Å². The molecule has 38 heavy (non-hydrogen) atoms. The van der Waals surface area contributed by atoms with E-state index in [1.54, 1.807) is 25.7 Å². The van der Waals surface area contributed by atoms with E-state index in [0.717, 1.165) is 71.0 Å². The smallest absolute Gasteiger partial charge is 0.0131 e. The van der Waals surface area contributed by atoms with Gasteiger partial charge in [-0.1, -0.05) is 89.5 Å². The zero-order valence-electron chi connectivity index (χ0n) is 26.2. The molecule has 7 rings (SSSR count). The van der Waals surface area contributed by atoms with Gasteiger partial charge in [0, 0.05) is 0 Å². The molecule has 0 saturated heterocycles. The van der Waals surface area contributed by atoms with Crippen LogP contribution in [0.5, 0.6) is 0 Å². The Labute approximate surface area is 237 Å². The third-order valence-corrected chi connectivity index (χ3v) is 13.8. The number of rotatable bonds is 1. The molecule has 3 saturated carbocycles. The molecule has 214 valence electrons. The molecule has 3 fully saturated rings. The van der Waals surface area contributed by atoms with E-state index in [-0.39, 0.29) is 0 Å². The van der Waals surface area contributed by atoms with Crippen LogP contribution in [0.15, 0.2) is 22.3 Å². The number of hydrogen-bond donors (Lipinski definition) is 0. The molecule has 0 heteroatoms. The van der Waals surface area contributed by atoms with Crippen LogP contribution in [0, 0.1) is 71.0 Å². The Kier molecular flexibility index (Phi) is 8.29. The van der Waals surface area contributed by atoms with Crippen LogP contribution >= 0.6 is 0 Å².